The molecule has 1 saturated carbocycles. The van der Waals surface area contributed by atoms with Crippen molar-refractivity contribution in [3.05, 3.63) is 59.4 Å². The first-order valence-electron chi connectivity index (χ1n) is 9.99. The highest BCUT2D eigenvalue weighted by molar-refractivity contribution is 7.92. The maximum Gasteiger partial charge on any atom is 0.262 e. The van der Waals surface area contributed by atoms with Crippen LogP contribution >= 0.6 is 0 Å². The monoisotopic (exact) mass is 430 g/mol. The Kier molecular flexibility index (Phi) is 5.36. The van der Waals surface area contributed by atoms with Crippen molar-refractivity contribution >= 4 is 27.5 Å². The number of benzene rings is 2. The first kappa shape index (κ1) is 20.5. The second-order valence-electron chi connectivity index (χ2n) is 7.98. The lowest BCUT2D eigenvalue weighted by Gasteiger charge is -2.19. The molecule has 1 aliphatic heterocycles. The van der Waals surface area contributed by atoms with Crippen LogP contribution in [0.1, 0.15) is 36.8 Å². The number of likely N-dealkylation sites (tertiary alicyclic amines) is 1. The standard InChI is InChI=1S/C22H23FN2O4S/c1-14-9-10-15(13-25-21(26)18-7-2-3-8-19(18)22(25)27)11-20(14)30(28,29)24-17-6-4-5-16(23)12-17/h4-6,9-12,18-19,24H,2-3,7-8,13H2,1H3/t18-,19-/m1/s1. The molecule has 6 nitrogen and oxygen atoms in total. The number of nitrogens with zero attached hydrogens (tertiary/aromatic N) is 1. The van der Waals surface area contributed by atoms with Crippen LogP contribution < -0.4 is 4.72 Å². The fraction of sp³-hybridized carbons (Fsp3) is 0.364. The third-order valence-corrected chi connectivity index (χ3v) is 7.42. The minimum absolute atomic E-state index is 0.0285. The van der Waals surface area contributed by atoms with Gasteiger partial charge < -0.3 is 0 Å². The van der Waals surface area contributed by atoms with Crippen molar-refractivity contribution in [2.45, 2.75) is 44.0 Å². The summed E-state index contributed by atoms with van der Waals surface area (Å²) in [6.45, 7) is 1.71. The molecule has 0 bridgehead atoms. The number of anilines is 1. The summed E-state index contributed by atoms with van der Waals surface area (Å²) in [7, 11) is -3.97. The first-order valence-corrected chi connectivity index (χ1v) is 11.5. The molecule has 2 aromatic rings. The molecule has 0 aromatic heterocycles. The van der Waals surface area contributed by atoms with Gasteiger partial charge in [0.15, 0.2) is 0 Å². The van der Waals surface area contributed by atoms with Gasteiger partial charge in [-0.2, -0.15) is 0 Å². The first-order chi connectivity index (χ1) is 14.3. The number of carbonyl (C=O) groups excluding carboxylic acids is 2. The summed E-state index contributed by atoms with van der Waals surface area (Å²) >= 11 is 0. The molecule has 8 heteroatoms. The Hall–Kier alpha value is -2.74. The van der Waals surface area contributed by atoms with Crippen LogP contribution in [0.25, 0.3) is 0 Å². The molecule has 2 amide bonds. The number of hydrogen-bond acceptors (Lipinski definition) is 4. The molecular formula is C22H23FN2O4S. The molecule has 1 aliphatic carbocycles. The smallest absolute Gasteiger partial charge is 0.262 e. The number of halogens is 1. The summed E-state index contributed by atoms with van der Waals surface area (Å²) in [6.07, 6.45) is 3.37. The van der Waals surface area contributed by atoms with Crippen molar-refractivity contribution in [3.8, 4) is 0 Å². The van der Waals surface area contributed by atoms with Gasteiger partial charge in [0, 0.05) is 0 Å². The number of carbonyl (C=O) groups is 2. The van der Waals surface area contributed by atoms with E-state index < -0.39 is 15.8 Å². The quantitative estimate of drug-likeness (QED) is 0.735. The predicted octanol–water partition coefficient (Wildman–Crippen LogP) is 3.61. The van der Waals surface area contributed by atoms with Gasteiger partial charge in [-0.15, -0.1) is 0 Å². The maximum atomic E-state index is 13.4. The minimum atomic E-state index is -3.97. The van der Waals surface area contributed by atoms with Crippen molar-refractivity contribution in [2.24, 2.45) is 11.8 Å². The Labute approximate surface area is 175 Å². The minimum Gasteiger partial charge on any atom is -0.280 e. The zero-order valence-electron chi connectivity index (χ0n) is 16.6. The average Bonchev–Trinajstić information content (AvgIpc) is 2.94. The van der Waals surface area contributed by atoms with E-state index in [0.717, 1.165) is 31.7 Å². The summed E-state index contributed by atoms with van der Waals surface area (Å²) in [4.78, 5) is 26.7. The van der Waals surface area contributed by atoms with Gasteiger partial charge in [0.2, 0.25) is 11.8 Å². The Morgan fingerprint density at radius 2 is 1.70 bits per heavy atom. The van der Waals surface area contributed by atoms with Crippen LogP contribution in [-0.4, -0.2) is 25.1 Å². The van der Waals surface area contributed by atoms with Gasteiger partial charge in [-0.25, -0.2) is 12.8 Å². The lowest BCUT2D eigenvalue weighted by molar-refractivity contribution is -0.140. The largest absolute Gasteiger partial charge is 0.280 e. The predicted molar refractivity (Wildman–Crippen MR) is 109 cm³/mol. The molecule has 1 heterocycles. The van der Waals surface area contributed by atoms with Crippen molar-refractivity contribution in [1.82, 2.24) is 4.90 Å². The molecule has 158 valence electrons. The summed E-state index contributed by atoms with van der Waals surface area (Å²) in [5.41, 5.74) is 1.18. The van der Waals surface area contributed by atoms with Crippen LogP contribution in [0, 0.1) is 24.6 Å². The molecule has 2 atom stereocenters. The zero-order valence-corrected chi connectivity index (χ0v) is 17.4. The number of hydrogen-bond donors (Lipinski definition) is 1. The Morgan fingerprint density at radius 1 is 1.03 bits per heavy atom. The lowest BCUT2D eigenvalue weighted by atomic mass is 9.81. The Balaban J connectivity index is 1.59. The van der Waals surface area contributed by atoms with Crippen LogP contribution in [0.5, 0.6) is 0 Å². The fourth-order valence-electron chi connectivity index (χ4n) is 4.36. The van der Waals surface area contributed by atoms with Gasteiger partial charge >= 0.3 is 0 Å². The summed E-state index contributed by atoms with van der Waals surface area (Å²) in [6, 6.07) is 10.0. The van der Waals surface area contributed by atoms with Gasteiger partial charge in [-0.3, -0.25) is 19.2 Å². The van der Waals surface area contributed by atoms with Gasteiger partial charge in [0.25, 0.3) is 10.0 Å². The molecule has 1 saturated heterocycles. The summed E-state index contributed by atoms with van der Waals surface area (Å²) in [5.74, 6) is -1.35. The van der Waals surface area contributed by atoms with E-state index >= 15 is 0 Å². The van der Waals surface area contributed by atoms with Crippen molar-refractivity contribution < 1.29 is 22.4 Å². The highest BCUT2D eigenvalue weighted by Gasteiger charge is 2.47. The number of rotatable bonds is 5. The van der Waals surface area contributed by atoms with Crippen LogP contribution in [0.3, 0.4) is 0 Å². The van der Waals surface area contributed by atoms with Crippen molar-refractivity contribution in [2.75, 3.05) is 4.72 Å². The average molecular weight is 431 g/mol. The van der Waals surface area contributed by atoms with E-state index in [1.165, 1.54) is 29.2 Å². The van der Waals surface area contributed by atoms with Gasteiger partial charge in [0.05, 0.1) is 29.0 Å². The van der Waals surface area contributed by atoms with Gasteiger partial charge in [-0.1, -0.05) is 31.0 Å². The third-order valence-electron chi connectivity index (χ3n) is 5.89. The van der Waals surface area contributed by atoms with Crippen LogP contribution in [-0.2, 0) is 26.2 Å². The number of sulfonamides is 1. The third kappa shape index (κ3) is 3.84. The summed E-state index contributed by atoms with van der Waals surface area (Å²) < 4.78 is 41.5. The van der Waals surface area contributed by atoms with E-state index in [0.29, 0.717) is 11.1 Å². The highest BCUT2D eigenvalue weighted by atomic mass is 32.2. The Morgan fingerprint density at radius 3 is 2.33 bits per heavy atom. The summed E-state index contributed by atoms with van der Waals surface area (Å²) in [5, 5.41) is 0. The van der Waals surface area contributed by atoms with E-state index in [9.17, 15) is 22.4 Å². The van der Waals surface area contributed by atoms with Gasteiger partial charge in [-0.05, 0) is 55.2 Å². The molecule has 2 aliphatic rings. The van der Waals surface area contributed by atoms with E-state index in [1.807, 2.05) is 0 Å². The van der Waals surface area contributed by atoms with Crippen molar-refractivity contribution in [1.29, 1.82) is 0 Å². The molecule has 1 N–H and O–H groups in total. The number of nitrogens with one attached hydrogen (secondary N) is 1. The molecule has 4 rings (SSSR count). The normalized spacial score (nSPS) is 21.6. The number of fused-ring (bicyclic) bond motifs is 1. The van der Waals surface area contributed by atoms with E-state index in [4.69, 9.17) is 0 Å². The van der Waals surface area contributed by atoms with Crippen LogP contribution in [0.15, 0.2) is 47.4 Å². The highest BCUT2D eigenvalue weighted by Crippen LogP contribution is 2.38. The van der Waals surface area contributed by atoms with E-state index in [-0.39, 0.29) is 40.8 Å². The molecule has 0 spiro atoms. The van der Waals surface area contributed by atoms with Crippen molar-refractivity contribution in [3.63, 3.8) is 0 Å². The van der Waals surface area contributed by atoms with E-state index in [2.05, 4.69) is 4.72 Å². The SMILES string of the molecule is Cc1ccc(CN2C(=O)[C@@H]3CCCC[C@H]3C2=O)cc1S(=O)(=O)Nc1cccc(F)c1. The van der Waals surface area contributed by atoms with Crippen LogP contribution in [0.2, 0.25) is 0 Å². The molecule has 2 fully saturated rings. The second-order valence-corrected chi connectivity index (χ2v) is 9.63. The van der Waals surface area contributed by atoms with E-state index in [1.54, 1.807) is 19.1 Å². The molecule has 2 aromatic carbocycles. The molecule has 30 heavy (non-hydrogen) atoms. The number of imide groups is 1. The zero-order chi connectivity index (χ0) is 21.5. The number of aryl methyl sites for hydroxylation is 1. The topological polar surface area (TPSA) is 83.6 Å². The Bertz CT molecular complexity index is 1090. The molecule has 0 unspecified atom stereocenters. The molecule has 0 radical (unpaired) electrons. The second kappa shape index (κ2) is 7.83. The molecular weight excluding hydrogens is 407 g/mol. The lowest BCUT2D eigenvalue weighted by Crippen LogP contribution is -2.30. The maximum absolute atomic E-state index is 13.4. The van der Waals surface area contributed by atoms with Crippen LogP contribution in [0.4, 0.5) is 10.1 Å². The van der Waals surface area contributed by atoms with Gasteiger partial charge in [0.1, 0.15) is 5.82 Å². The fourth-order valence-corrected chi connectivity index (χ4v) is 5.71. The number of amides is 2.